The first-order chi connectivity index (χ1) is 17.6. The third-order valence-corrected chi connectivity index (χ3v) is 6.19. The first-order valence-electron chi connectivity index (χ1n) is 11.7. The molecular weight excluding hydrogens is 493 g/mol. The van der Waals surface area contributed by atoms with Crippen molar-refractivity contribution >= 4 is 41.1 Å². The molecule has 0 bridgehead atoms. The molecule has 3 N–H and O–H groups in total. The van der Waals surface area contributed by atoms with Gasteiger partial charge in [-0.15, -0.1) is 0 Å². The van der Waals surface area contributed by atoms with Crippen LogP contribution in [0.5, 0.6) is 0 Å². The van der Waals surface area contributed by atoms with Gasteiger partial charge in [0.15, 0.2) is 0 Å². The largest absolute Gasteiger partial charge is 0.444 e. The highest BCUT2D eigenvalue weighted by molar-refractivity contribution is 7.98. The van der Waals surface area contributed by atoms with E-state index in [1.807, 2.05) is 30.3 Å². The maximum absolute atomic E-state index is 14.6. The summed E-state index contributed by atoms with van der Waals surface area (Å²) in [6.07, 6.45) is 2.55. The van der Waals surface area contributed by atoms with Crippen LogP contribution in [0.3, 0.4) is 0 Å². The molecule has 4 rings (SSSR count). The highest BCUT2D eigenvalue weighted by Gasteiger charge is 2.34. The number of hydrogen-bond donors (Lipinski definition) is 2. The molecule has 2 heterocycles. The Balaban J connectivity index is 1.46. The van der Waals surface area contributed by atoms with Gasteiger partial charge in [0.05, 0.1) is 12.1 Å². The number of rotatable bonds is 6. The molecule has 1 unspecified atom stereocenters. The van der Waals surface area contributed by atoms with E-state index >= 15 is 0 Å². The smallest absolute Gasteiger partial charge is 0.408 e. The van der Waals surface area contributed by atoms with Crippen LogP contribution in [-0.4, -0.2) is 46.8 Å². The van der Waals surface area contributed by atoms with Crippen molar-refractivity contribution in [2.75, 3.05) is 13.1 Å². The summed E-state index contributed by atoms with van der Waals surface area (Å²) >= 11 is 1.28. The summed E-state index contributed by atoms with van der Waals surface area (Å²) in [6.45, 7) is 5.42. The molecule has 0 fully saturated rings. The lowest BCUT2D eigenvalue weighted by Crippen LogP contribution is -2.44. The average Bonchev–Trinajstić information content (AvgIpc) is 3.22. The van der Waals surface area contributed by atoms with Crippen LogP contribution >= 0.6 is 11.9 Å². The third kappa shape index (κ3) is 6.65. The summed E-state index contributed by atoms with van der Waals surface area (Å²) in [6, 6.07) is 14.2. The van der Waals surface area contributed by atoms with Crippen LogP contribution in [0.15, 0.2) is 81.4 Å². The molecule has 0 radical (unpaired) electrons. The number of aromatic nitrogens is 1. The van der Waals surface area contributed by atoms with Crippen molar-refractivity contribution in [3.05, 3.63) is 83.4 Å². The average molecular weight is 522 g/mol. The number of halogens is 1. The van der Waals surface area contributed by atoms with Gasteiger partial charge in [-0.05, 0) is 51.1 Å². The summed E-state index contributed by atoms with van der Waals surface area (Å²) in [7, 11) is 0. The maximum atomic E-state index is 14.6. The quantitative estimate of drug-likeness (QED) is 0.357. The lowest BCUT2D eigenvalue weighted by atomic mass is 10.0. The van der Waals surface area contributed by atoms with Crippen LogP contribution in [0.25, 0.3) is 10.9 Å². The zero-order valence-corrected chi connectivity index (χ0v) is 21.6. The number of carbonyl (C=O) groups is 2. The van der Waals surface area contributed by atoms with Crippen molar-refractivity contribution < 1.29 is 18.7 Å². The molecule has 1 atom stereocenters. The van der Waals surface area contributed by atoms with Crippen LogP contribution in [0.2, 0.25) is 0 Å². The van der Waals surface area contributed by atoms with Gasteiger partial charge in [-0.3, -0.25) is 9.78 Å². The SMILES string of the molecule is CC(C)(C)OC(=O)NC(C(=O)N1CC(N)=C(C=NSc2ccc3ncccc3c2)C1)c1ccccc1F. The Morgan fingerprint density at radius 2 is 1.97 bits per heavy atom. The molecule has 3 aromatic rings. The van der Waals surface area contributed by atoms with Gasteiger partial charge in [-0.1, -0.05) is 24.3 Å². The Morgan fingerprint density at radius 1 is 1.19 bits per heavy atom. The predicted octanol–water partition coefficient (Wildman–Crippen LogP) is 4.77. The molecule has 10 heteroatoms. The van der Waals surface area contributed by atoms with Gasteiger partial charge in [0.1, 0.15) is 17.5 Å². The molecule has 1 aliphatic rings. The van der Waals surface area contributed by atoms with Crippen molar-refractivity contribution in [1.82, 2.24) is 15.2 Å². The Bertz CT molecular complexity index is 1390. The van der Waals surface area contributed by atoms with E-state index in [2.05, 4.69) is 14.7 Å². The fourth-order valence-corrected chi connectivity index (χ4v) is 4.41. The van der Waals surface area contributed by atoms with Crippen LogP contribution in [0.4, 0.5) is 9.18 Å². The van der Waals surface area contributed by atoms with E-state index in [4.69, 9.17) is 10.5 Å². The maximum Gasteiger partial charge on any atom is 0.408 e. The van der Waals surface area contributed by atoms with Crippen LogP contribution < -0.4 is 11.1 Å². The first kappa shape index (κ1) is 26.2. The number of ether oxygens (including phenoxy) is 1. The number of carbonyl (C=O) groups excluding carboxylic acids is 2. The number of benzene rings is 2. The van der Waals surface area contributed by atoms with Crippen molar-refractivity contribution in [2.24, 2.45) is 10.1 Å². The van der Waals surface area contributed by atoms with Gasteiger partial charge in [0, 0.05) is 58.0 Å². The zero-order valence-electron chi connectivity index (χ0n) is 20.8. The van der Waals surface area contributed by atoms with E-state index in [-0.39, 0.29) is 18.7 Å². The molecule has 2 aromatic carbocycles. The van der Waals surface area contributed by atoms with Gasteiger partial charge in [-0.2, -0.15) is 0 Å². The Labute approximate surface area is 218 Å². The number of alkyl carbamates (subject to hydrolysis) is 1. The third-order valence-electron chi connectivity index (χ3n) is 5.51. The second-order valence-corrected chi connectivity index (χ2v) is 10.4. The highest BCUT2D eigenvalue weighted by Crippen LogP contribution is 2.26. The summed E-state index contributed by atoms with van der Waals surface area (Å²) in [4.78, 5) is 32.6. The summed E-state index contributed by atoms with van der Waals surface area (Å²) in [5, 5.41) is 3.53. The molecule has 37 heavy (non-hydrogen) atoms. The summed E-state index contributed by atoms with van der Waals surface area (Å²) in [5.74, 6) is -1.11. The molecule has 0 spiro atoms. The van der Waals surface area contributed by atoms with E-state index in [0.717, 1.165) is 15.8 Å². The standard InChI is InChI=1S/C27H28FN5O3S/c1-27(2,3)36-26(35)32-24(20-8-4-5-9-21(20)28)25(34)33-15-18(22(29)16-33)14-31-37-19-10-11-23-17(13-19)7-6-12-30-23/h4-14,24H,15-16,29H2,1-3H3,(H,32,35). The molecule has 1 aromatic heterocycles. The number of nitrogens with one attached hydrogen (secondary N) is 1. The number of fused-ring (bicyclic) bond motifs is 1. The minimum absolute atomic E-state index is 0.0420. The molecule has 2 amide bonds. The van der Waals surface area contributed by atoms with Crippen molar-refractivity contribution in [3.63, 3.8) is 0 Å². The van der Waals surface area contributed by atoms with E-state index in [0.29, 0.717) is 11.3 Å². The van der Waals surface area contributed by atoms with E-state index in [1.54, 1.807) is 39.2 Å². The fourth-order valence-electron chi connectivity index (χ4n) is 3.80. The molecule has 8 nitrogen and oxygen atoms in total. The number of nitrogens with two attached hydrogens (primary N) is 1. The topological polar surface area (TPSA) is 110 Å². The first-order valence-corrected chi connectivity index (χ1v) is 12.4. The van der Waals surface area contributed by atoms with E-state index < -0.39 is 29.5 Å². The summed E-state index contributed by atoms with van der Waals surface area (Å²) < 4.78 is 24.4. The zero-order chi connectivity index (χ0) is 26.6. The minimum atomic E-state index is -1.28. The number of pyridine rings is 1. The predicted molar refractivity (Wildman–Crippen MR) is 142 cm³/mol. The Hall–Kier alpha value is -3.92. The second kappa shape index (κ2) is 11.0. The molecule has 192 valence electrons. The van der Waals surface area contributed by atoms with Gasteiger partial charge >= 0.3 is 6.09 Å². The fraction of sp³-hybridized carbons (Fsp3) is 0.259. The molecular formula is C27H28FN5O3S. The van der Waals surface area contributed by atoms with Crippen LogP contribution in [0, 0.1) is 5.82 Å². The molecule has 0 saturated heterocycles. The number of hydrogen-bond acceptors (Lipinski definition) is 7. The van der Waals surface area contributed by atoms with Crippen molar-refractivity contribution in [1.29, 1.82) is 0 Å². The van der Waals surface area contributed by atoms with Gasteiger partial charge in [-0.25, -0.2) is 13.6 Å². The van der Waals surface area contributed by atoms with Crippen LogP contribution in [0.1, 0.15) is 32.4 Å². The molecule has 0 saturated carbocycles. The summed E-state index contributed by atoms with van der Waals surface area (Å²) in [5.41, 5.74) is 7.52. The van der Waals surface area contributed by atoms with Crippen molar-refractivity contribution in [3.8, 4) is 0 Å². The van der Waals surface area contributed by atoms with Gasteiger partial charge in [0.2, 0.25) is 0 Å². The molecule has 1 aliphatic heterocycles. The Kier molecular flexibility index (Phi) is 7.77. The van der Waals surface area contributed by atoms with Crippen LogP contribution in [-0.2, 0) is 9.53 Å². The number of amides is 2. The van der Waals surface area contributed by atoms with E-state index in [9.17, 15) is 14.0 Å². The number of nitrogens with zero attached hydrogens (tertiary/aromatic N) is 3. The van der Waals surface area contributed by atoms with Gasteiger partial charge in [0.25, 0.3) is 5.91 Å². The highest BCUT2D eigenvalue weighted by atomic mass is 32.2. The normalized spacial score (nSPS) is 14.9. The van der Waals surface area contributed by atoms with Crippen molar-refractivity contribution in [2.45, 2.75) is 37.3 Å². The minimum Gasteiger partial charge on any atom is -0.444 e. The second-order valence-electron chi connectivity index (χ2n) is 9.53. The lowest BCUT2D eigenvalue weighted by molar-refractivity contribution is -0.132. The Morgan fingerprint density at radius 3 is 2.73 bits per heavy atom. The molecule has 0 aliphatic carbocycles. The lowest BCUT2D eigenvalue weighted by Gasteiger charge is -2.27. The van der Waals surface area contributed by atoms with E-state index in [1.165, 1.54) is 35.0 Å². The monoisotopic (exact) mass is 521 g/mol. The van der Waals surface area contributed by atoms with Gasteiger partial charge < -0.3 is 20.7 Å².